The van der Waals surface area contributed by atoms with Gasteiger partial charge in [0.2, 0.25) is 5.91 Å². The molecule has 5 heteroatoms. The predicted molar refractivity (Wildman–Crippen MR) is 81.5 cm³/mol. The summed E-state index contributed by atoms with van der Waals surface area (Å²) in [6.07, 6.45) is 6.08. The van der Waals surface area contributed by atoms with E-state index in [9.17, 15) is 4.79 Å². The largest absolute Gasteiger partial charge is 0.356 e. The number of carbonyl (C=O) groups excluding carboxylic acids is 1. The molecular weight excluding hydrogens is 252 g/mol. The molecule has 1 aliphatic heterocycles. The topological polar surface area (TPSA) is 61.6 Å². The van der Waals surface area contributed by atoms with Crippen LogP contribution in [0.2, 0.25) is 0 Å². The van der Waals surface area contributed by atoms with E-state index < -0.39 is 0 Å². The Hall–Kier alpha value is -0.650. The van der Waals surface area contributed by atoms with Gasteiger partial charge in [0.15, 0.2) is 0 Å². The lowest BCUT2D eigenvalue weighted by atomic mass is 10.1. The Morgan fingerprint density at radius 1 is 1.25 bits per heavy atom. The fourth-order valence-corrected chi connectivity index (χ4v) is 3.58. The van der Waals surface area contributed by atoms with E-state index in [1.165, 1.54) is 25.7 Å². The summed E-state index contributed by atoms with van der Waals surface area (Å²) < 4.78 is 0. The number of nitrogens with two attached hydrogens (primary N) is 1. The molecule has 3 N–H and O–H groups in total. The summed E-state index contributed by atoms with van der Waals surface area (Å²) in [7, 11) is 0. The molecule has 2 aliphatic rings. The first-order chi connectivity index (χ1) is 9.74. The summed E-state index contributed by atoms with van der Waals surface area (Å²) in [6, 6.07) is 1.02. The summed E-state index contributed by atoms with van der Waals surface area (Å²) in [4.78, 5) is 16.8. The van der Waals surface area contributed by atoms with E-state index in [0.717, 1.165) is 32.2 Å². The molecule has 5 nitrogen and oxygen atoms in total. The van der Waals surface area contributed by atoms with Crippen LogP contribution in [0.3, 0.4) is 0 Å². The Kier molecular flexibility index (Phi) is 6.26. The van der Waals surface area contributed by atoms with Crippen molar-refractivity contribution in [2.75, 3.05) is 39.3 Å². The molecular formula is C15H30N4O. The van der Waals surface area contributed by atoms with Crippen LogP contribution < -0.4 is 11.1 Å². The molecule has 1 amide bonds. The molecule has 116 valence electrons. The van der Waals surface area contributed by atoms with Crippen molar-refractivity contribution in [2.45, 2.75) is 51.1 Å². The number of amides is 1. The maximum absolute atomic E-state index is 11.7. The van der Waals surface area contributed by atoms with E-state index in [1.54, 1.807) is 0 Å². The van der Waals surface area contributed by atoms with Crippen molar-refractivity contribution in [3.63, 3.8) is 0 Å². The van der Waals surface area contributed by atoms with Gasteiger partial charge in [-0.15, -0.1) is 0 Å². The molecule has 2 rings (SSSR count). The first-order valence-corrected chi connectivity index (χ1v) is 8.19. The second kappa shape index (κ2) is 7.96. The van der Waals surface area contributed by atoms with E-state index in [2.05, 4.69) is 15.1 Å². The smallest absolute Gasteiger partial charge is 0.221 e. The van der Waals surface area contributed by atoms with Gasteiger partial charge in [-0.3, -0.25) is 14.6 Å². The highest BCUT2D eigenvalue weighted by atomic mass is 16.1. The van der Waals surface area contributed by atoms with Crippen molar-refractivity contribution in [1.29, 1.82) is 0 Å². The minimum atomic E-state index is 0.126. The Morgan fingerprint density at radius 3 is 2.45 bits per heavy atom. The third-order valence-electron chi connectivity index (χ3n) is 4.77. The van der Waals surface area contributed by atoms with E-state index in [-0.39, 0.29) is 11.9 Å². The standard InChI is InChI=1S/C15H30N4O/c1-2-17-15(20)11-14(12-16)19-9-7-18(8-10-19)13-5-3-4-6-13/h13-14H,2-12,16H2,1H3,(H,17,20). The highest BCUT2D eigenvalue weighted by Crippen LogP contribution is 2.24. The quantitative estimate of drug-likeness (QED) is 0.740. The van der Waals surface area contributed by atoms with E-state index in [0.29, 0.717) is 19.5 Å². The fraction of sp³-hybridized carbons (Fsp3) is 0.933. The third-order valence-corrected chi connectivity index (χ3v) is 4.77. The molecule has 0 aromatic carbocycles. The average Bonchev–Trinajstić information content (AvgIpc) is 2.99. The molecule has 0 aromatic heterocycles. The van der Waals surface area contributed by atoms with Crippen LogP contribution in [0.5, 0.6) is 0 Å². The molecule has 1 heterocycles. The Bertz CT molecular complexity index is 296. The van der Waals surface area contributed by atoms with Gasteiger partial charge in [0, 0.05) is 57.8 Å². The molecule has 0 bridgehead atoms. The van der Waals surface area contributed by atoms with Gasteiger partial charge in [0.1, 0.15) is 0 Å². The van der Waals surface area contributed by atoms with Gasteiger partial charge in [-0.1, -0.05) is 12.8 Å². The van der Waals surface area contributed by atoms with Gasteiger partial charge < -0.3 is 11.1 Å². The molecule has 1 saturated carbocycles. The van der Waals surface area contributed by atoms with Gasteiger partial charge in [0.25, 0.3) is 0 Å². The third kappa shape index (κ3) is 4.17. The van der Waals surface area contributed by atoms with E-state index >= 15 is 0 Å². The van der Waals surface area contributed by atoms with Crippen LogP contribution in [0.4, 0.5) is 0 Å². The van der Waals surface area contributed by atoms with Crippen LogP contribution in [0, 0.1) is 0 Å². The zero-order valence-electron chi connectivity index (χ0n) is 12.8. The maximum atomic E-state index is 11.7. The summed E-state index contributed by atoms with van der Waals surface area (Å²) in [5.41, 5.74) is 5.87. The van der Waals surface area contributed by atoms with Crippen LogP contribution in [0.1, 0.15) is 39.0 Å². The molecule has 0 aromatic rings. The van der Waals surface area contributed by atoms with Crippen molar-refractivity contribution < 1.29 is 4.79 Å². The second-order valence-electron chi connectivity index (χ2n) is 6.06. The summed E-state index contributed by atoms with van der Waals surface area (Å²) in [6.45, 7) is 7.60. The van der Waals surface area contributed by atoms with Crippen LogP contribution in [0.25, 0.3) is 0 Å². The fourth-order valence-electron chi connectivity index (χ4n) is 3.58. The minimum absolute atomic E-state index is 0.126. The molecule has 1 saturated heterocycles. The molecule has 20 heavy (non-hydrogen) atoms. The molecule has 2 fully saturated rings. The SMILES string of the molecule is CCNC(=O)CC(CN)N1CCN(C2CCCC2)CC1. The molecule has 0 spiro atoms. The maximum Gasteiger partial charge on any atom is 0.221 e. The Labute approximate surface area is 122 Å². The lowest BCUT2D eigenvalue weighted by Crippen LogP contribution is -2.55. The van der Waals surface area contributed by atoms with E-state index in [4.69, 9.17) is 5.73 Å². The minimum Gasteiger partial charge on any atom is -0.356 e. The number of piperazine rings is 1. The molecule has 1 aliphatic carbocycles. The van der Waals surface area contributed by atoms with Crippen molar-refractivity contribution in [2.24, 2.45) is 5.73 Å². The molecule has 0 radical (unpaired) electrons. The number of hydrogen-bond acceptors (Lipinski definition) is 4. The van der Waals surface area contributed by atoms with Gasteiger partial charge in [-0.2, -0.15) is 0 Å². The Morgan fingerprint density at radius 2 is 1.90 bits per heavy atom. The highest BCUT2D eigenvalue weighted by molar-refractivity contribution is 5.76. The highest BCUT2D eigenvalue weighted by Gasteiger charge is 2.29. The van der Waals surface area contributed by atoms with Crippen LogP contribution >= 0.6 is 0 Å². The predicted octanol–water partition coefficient (Wildman–Crippen LogP) is 0.400. The number of nitrogens with zero attached hydrogens (tertiary/aromatic N) is 2. The van der Waals surface area contributed by atoms with Crippen LogP contribution in [0.15, 0.2) is 0 Å². The monoisotopic (exact) mass is 282 g/mol. The van der Waals surface area contributed by atoms with Gasteiger partial charge >= 0.3 is 0 Å². The lowest BCUT2D eigenvalue weighted by molar-refractivity contribution is -0.122. The average molecular weight is 282 g/mol. The van der Waals surface area contributed by atoms with Gasteiger partial charge in [-0.05, 0) is 19.8 Å². The lowest BCUT2D eigenvalue weighted by Gasteiger charge is -2.41. The van der Waals surface area contributed by atoms with Crippen molar-refractivity contribution in [3.8, 4) is 0 Å². The van der Waals surface area contributed by atoms with Crippen LogP contribution in [-0.2, 0) is 4.79 Å². The summed E-state index contributed by atoms with van der Waals surface area (Å²) in [5.74, 6) is 0.126. The first-order valence-electron chi connectivity index (χ1n) is 8.19. The van der Waals surface area contributed by atoms with Crippen molar-refractivity contribution in [1.82, 2.24) is 15.1 Å². The van der Waals surface area contributed by atoms with Gasteiger partial charge in [-0.25, -0.2) is 0 Å². The van der Waals surface area contributed by atoms with Gasteiger partial charge in [0.05, 0.1) is 0 Å². The summed E-state index contributed by atoms with van der Waals surface area (Å²) in [5, 5.41) is 2.87. The van der Waals surface area contributed by atoms with Crippen LogP contribution in [-0.4, -0.2) is 67.1 Å². The number of carbonyl (C=O) groups is 1. The van der Waals surface area contributed by atoms with Crippen molar-refractivity contribution >= 4 is 5.91 Å². The number of rotatable bonds is 6. The number of hydrogen-bond donors (Lipinski definition) is 2. The van der Waals surface area contributed by atoms with Crippen molar-refractivity contribution in [3.05, 3.63) is 0 Å². The Balaban J connectivity index is 1.77. The zero-order valence-corrected chi connectivity index (χ0v) is 12.8. The zero-order chi connectivity index (χ0) is 14.4. The molecule has 1 atom stereocenters. The van der Waals surface area contributed by atoms with E-state index in [1.807, 2.05) is 6.92 Å². The number of nitrogens with one attached hydrogen (secondary N) is 1. The summed E-state index contributed by atoms with van der Waals surface area (Å²) >= 11 is 0. The normalized spacial score (nSPS) is 23.9. The second-order valence-corrected chi connectivity index (χ2v) is 6.06. The first kappa shape index (κ1) is 15.7. The molecule has 1 unspecified atom stereocenters.